The van der Waals surface area contributed by atoms with Crippen molar-refractivity contribution in [2.75, 3.05) is 13.7 Å². The van der Waals surface area contributed by atoms with Crippen molar-refractivity contribution in [1.29, 1.82) is 0 Å². The molecule has 0 unspecified atom stereocenters. The zero-order chi connectivity index (χ0) is 14.6. The third-order valence-electron chi connectivity index (χ3n) is 2.01. The summed E-state index contributed by atoms with van der Waals surface area (Å²) in [4.78, 5) is 14.7. The van der Waals surface area contributed by atoms with E-state index in [1.54, 1.807) is 6.92 Å². The van der Waals surface area contributed by atoms with Gasteiger partial charge >= 0.3 is 12.1 Å². The van der Waals surface area contributed by atoms with E-state index in [2.05, 4.69) is 16.3 Å². The second kappa shape index (κ2) is 5.73. The van der Waals surface area contributed by atoms with E-state index in [9.17, 15) is 18.0 Å². The molecular weight excluding hydrogens is 263 g/mol. The summed E-state index contributed by atoms with van der Waals surface area (Å²) in [6.07, 6.45) is -4.62. The van der Waals surface area contributed by atoms with E-state index in [0.717, 1.165) is 13.2 Å². The molecule has 0 amide bonds. The van der Waals surface area contributed by atoms with Gasteiger partial charge in [-0.1, -0.05) is 6.58 Å². The first-order chi connectivity index (χ1) is 8.75. The molecule has 0 bridgehead atoms. The SMILES string of the molecule is C=C(C)COc1nc(C(F)(F)F)ccc1C(=O)OC. The van der Waals surface area contributed by atoms with Crippen LogP contribution in [0.3, 0.4) is 0 Å². The van der Waals surface area contributed by atoms with Crippen LogP contribution >= 0.6 is 0 Å². The van der Waals surface area contributed by atoms with E-state index in [0.29, 0.717) is 11.6 Å². The van der Waals surface area contributed by atoms with Crippen molar-refractivity contribution in [2.24, 2.45) is 0 Å². The van der Waals surface area contributed by atoms with Crippen molar-refractivity contribution in [3.63, 3.8) is 0 Å². The Kier molecular flexibility index (Phi) is 4.52. The number of hydrogen-bond acceptors (Lipinski definition) is 4. The zero-order valence-electron chi connectivity index (χ0n) is 10.4. The number of hydrogen-bond donors (Lipinski definition) is 0. The highest BCUT2D eigenvalue weighted by Crippen LogP contribution is 2.30. The number of nitrogens with zero attached hydrogens (tertiary/aromatic N) is 1. The van der Waals surface area contributed by atoms with Crippen molar-refractivity contribution in [1.82, 2.24) is 4.98 Å². The maximum absolute atomic E-state index is 12.5. The van der Waals surface area contributed by atoms with Gasteiger partial charge in [-0.3, -0.25) is 0 Å². The van der Waals surface area contributed by atoms with Gasteiger partial charge in [-0.05, 0) is 24.6 Å². The topological polar surface area (TPSA) is 48.4 Å². The van der Waals surface area contributed by atoms with E-state index >= 15 is 0 Å². The molecule has 0 fully saturated rings. The van der Waals surface area contributed by atoms with Gasteiger partial charge in [-0.25, -0.2) is 9.78 Å². The van der Waals surface area contributed by atoms with Crippen LogP contribution in [0, 0.1) is 0 Å². The molecule has 0 saturated heterocycles. The molecule has 0 spiro atoms. The highest BCUT2D eigenvalue weighted by Gasteiger charge is 2.34. The van der Waals surface area contributed by atoms with Gasteiger partial charge in [0.2, 0.25) is 5.88 Å². The van der Waals surface area contributed by atoms with E-state index in [-0.39, 0.29) is 12.2 Å². The lowest BCUT2D eigenvalue weighted by Gasteiger charge is -2.12. The van der Waals surface area contributed by atoms with Gasteiger partial charge in [0.1, 0.15) is 17.9 Å². The summed E-state index contributed by atoms with van der Waals surface area (Å²) >= 11 is 0. The Morgan fingerprint density at radius 2 is 2.05 bits per heavy atom. The summed E-state index contributed by atoms with van der Waals surface area (Å²) in [5.74, 6) is -1.25. The van der Waals surface area contributed by atoms with Gasteiger partial charge in [0.25, 0.3) is 0 Å². The molecule has 0 N–H and O–H groups in total. The Morgan fingerprint density at radius 3 is 2.53 bits per heavy atom. The average molecular weight is 275 g/mol. The zero-order valence-corrected chi connectivity index (χ0v) is 10.4. The van der Waals surface area contributed by atoms with E-state index in [4.69, 9.17) is 4.74 Å². The van der Waals surface area contributed by atoms with Crippen LogP contribution in [0.25, 0.3) is 0 Å². The molecule has 0 aliphatic heterocycles. The highest BCUT2D eigenvalue weighted by molar-refractivity contribution is 5.91. The van der Waals surface area contributed by atoms with E-state index in [1.807, 2.05) is 0 Å². The van der Waals surface area contributed by atoms with Crippen molar-refractivity contribution in [3.8, 4) is 5.88 Å². The summed E-state index contributed by atoms with van der Waals surface area (Å²) in [5.41, 5.74) is -0.733. The normalized spacial score (nSPS) is 11.0. The molecule has 1 rings (SSSR count). The van der Waals surface area contributed by atoms with Crippen LogP contribution in [0.4, 0.5) is 13.2 Å². The second-order valence-electron chi connectivity index (χ2n) is 3.78. The molecule has 0 aliphatic rings. The molecule has 7 heteroatoms. The second-order valence-corrected chi connectivity index (χ2v) is 3.78. The predicted molar refractivity (Wildman–Crippen MR) is 60.9 cm³/mol. The Hall–Kier alpha value is -2.05. The van der Waals surface area contributed by atoms with Crippen LogP contribution < -0.4 is 4.74 Å². The maximum Gasteiger partial charge on any atom is 0.433 e. The van der Waals surface area contributed by atoms with Crippen LogP contribution in [0.5, 0.6) is 5.88 Å². The average Bonchev–Trinajstić information content (AvgIpc) is 2.33. The fraction of sp³-hybridized carbons (Fsp3) is 0.333. The van der Waals surface area contributed by atoms with Crippen LogP contribution in [0.1, 0.15) is 23.0 Å². The molecular formula is C12H12F3NO3. The molecule has 0 atom stereocenters. The first kappa shape index (κ1) is 15.0. The van der Waals surface area contributed by atoms with Gasteiger partial charge in [-0.15, -0.1) is 0 Å². The quantitative estimate of drug-likeness (QED) is 0.626. The standard InChI is InChI=1S/C12H12F3NO3/c1-7(2)6-19-10-8(11(17)18-3)4-5-9(16-10)12(13,14)15/h4-5H,1,6H2,2-3H3. The Morgan fingerprint density at radius 1 is 1.42 bits per heavy atom. The number of esters is 1. The number of carbonyl (C=O) groups is 1. The number of alkyl halides is 3. The van der Waals surface area contributed by atoms with Crippen molar-refractivity contribution < 1.29 is 27.4 Å². The first-order valence-electron chi connectivity index (χ1n) is 5.19. The van der Waals surface area contributed by atoms with Gasteiger partial charge in [-0.2, -0.15) is 13.2 Å². The van der Waals surface area contributed by atoms with Gasteiger partial charge in [0.15, 0.2) is 0 Å². The van der Waals surface area contributed by atoms with Crippen LogP contribution in [0.15, 0.2) is 24.3 Å². The van der Waals surface area contributed by atoms with Crippen LogP contribution in [-0.4, -0.2) is 24.7 Å². The first-order valence-corrected chi connectivity index (χ1v) is 5.19. The summed E-state index contributed by atoms with van der Waals surface area (Å²) in [5, 5.41) is 0. The molecule has 0 radical (unpaired) electrons. The van der Waals surface area contributed by atoms with Crippen LogP contribution in [0.2, 0.25) is 0 Å². The van der Waals surface area contributed by atoms with Gasteiger partial charge in [0, 0.05) is 0 Å². The number of pyridine rings is 1. The van der Waals surface area contributed by atoms with Crippen molar-refractivity contribution >= 4 is 5.97 Å². The summed E-state index contributed by atoms with van der Waals surface area (Å²) in [6.45, 7) is 5.13. The van der Waals surface area contributed by atoms with E-state index in [1.165, 1.54) is 0 Å². The maximum atomic E-state index is 12.5. The molecule has 104 valence electrons. The third kappa shape index (κ3) is 3.97. The van der Waals surface area contributed by atoms with Crippen molar-refractivity contribution in [2.45, 2.75) is 13.1 Å². The summed E-state index contributed by atoms with van der Waals surface area (Å²) in [6, 6.07) is 1.66. The number of ether oxygens (including phenoxy) is 2. The predicted octanol–water partition coefficient (Wildman–Crippen LogP) is 2.84. The minimum Gasteiger partial charge on any atom is -0.473 e. The Bertz CT molecular complexity index is 497. The minimum absolute atomic E-state index is 0.0433. The fourth-order valence-electron chi connectivity index (χ4n) is 1.17. The minimum atomic E-state index is -4.62. The lowest BCUT2D eigenvalue weighted by molar-refractivity contribution is -0.141. The third-order valence-corrected chi connectivity index (χ3v) is 2.01. The smallest absolute Gasteiger partial charge is 0.433 e. The number of methoxy groups -OCH3 is 1. The summed E-state index contributed by atoms with van der Waals surface area (Å²) < 4.78 is 47.1. The number of aromatic nitrogens is 1. The lowest BCUT2D eigenvalue weighted by Crippen LogP contribution is -2.13. The molecule has 1 aromatic rings. The number of rotatable bonds is 4. The number of halogens is 3. The molecule has 4 nitrogen and oxygen atoms in total. The molecule has 0 aliphatic carbocycles. The molecule has 0 aromatic carbocycles. The molecule has 0 saturated carbocycles. The molecule has 19 heavy (non-hydrogen) atoms. The molecule has 1 aromatic heterocycles. The largest absolute Gasteiger partial charge is 0.473 e. The Labute approximate surface area is 107 Å². The van der Waals surface area contributed by atoms with Crippen LogP contribution in [-0.2, 0) is 10.9 Å². The highest BCUT2D eigenvalue weighted by atomic mass is 19.4. The lowest BCUT2D eigenvalue weighted by atomic mass is 10.2. The summed E-state index contributed by atoms with van der Waals surface area (Å²) in [7, 11) is 1.11. The Balaban J connectivity index is 3.18. The van der Waals surface area contributed by atoms with E-state index < -0.39 is 23.7 Å². The monoisotopic (exact) mass is 275 g/mol. The van der Waals surface area contributed by atoms with Gasteiger partial charge < -0.3 is 9.47 Å². The fourth-order valence-corrected chi connectivity index (χ4v) is 1.17. The van der Waals surface area contributed by atoms with Gasteiger partial charge in [0.05, 0.1) is 7.11 Å². The molecule has 1 heterocycles. The number of carbonyl (C=O) groups excluding carboxylic acids is 1. The van der Waals surface area contributed by atoms with Crippen molar-refractivity contribution in [3.05, 3.63) is 35.5 Å².